The Morgan fingerprint density at radius 1 is 1.08 bits per heavy atom. The maximum atomic E-state index is 12.7. The zero-order valence-corrected chi connectivity index (χ0v) is 14.8. The van der Waals surface area contributed by atoms with E-state index in [1.54, 1.807) is 18.2 Å². The molecule has 25 heavy (non-hydrogen) atoms. The molecule has 2 aromatic carbocycles. The van der Waals surface area contributed by atoms with Crippen molar-refractivity contribution < 1.29 is 4.79 Å². The molecule has 2 N–H and O–H groups in total. The predicted octanol–water partition coefficient (Wildman–Crippen LogP) is 3.89. The van der Waals surface area contributed by atoms with Crippen LogP contribution < -0.4 is 10.7 Å². The Balaban J connectivity index is 1.84. The molecule has 0 bridgehead atoms. The van der Waals surface area contributed by atoms with Gasteiger partial charge in [0.1, 0.15) is 5.56 Å². The maximum absolute atomic E-state index is 12.7. The number of benzene rings is 2. The number of fused-ring (bicyclic) bond motifs is 1. The highest BCUT2D eigenvalue weighted by atomic mass is 35.5. The third-order valence-electron chi connectivity index (χ3n) is 3.94. The summed E-state index contributed by atoms with van der Waals surface area (Å²) in [7, 11) is 0. The van der Waals surface area contributed by atoms with Crippen molar-refractivity contribution in [2.45, 2.75) is 13.0 Å². The lowest BCUT2D eigenvalue weighted by molar-refractivity contribution is 0.0949. The van der Waals surface area contributed by atoms with Crippen LogP contribution in [0.3, 0.4) is 0 Å². The van der Waals surface area contributed by atoms with E-state index in [2.05, 4.69) is 10.3 Å². The first-order valence-electron chi connectivity index (χ1n) is 7.81. The van der Waals surface area contributed by atoms with Crippen molar-refractivity contribution in [3.8, 4) is 0 Å². The van der Waals surface area contributed by atoms with E-state index < -0.39 is 5.91 Å². The fourth-order valence-corrected chi connectivity index (χ4v) is 2.92. The molecule has 0 unspecified atom stereocenters. The largest absolute Gasteiger partial charge is 0.360 e. The quantitative estimate of drug-likeness (QED) is 0.665. The van der Waals surface area contributed by atoms with E-state index in [9.17, 15) is 9.59 Å². The van der Waals surface area contributed by atoms with Crippen LogP contribution >= 0.6 is 23.2 Å². The molecular weight excluding hydrogens is 359 g/mol. The molecule has 128 valence electrons. The van der Waals surface area contributed by atoms with Gasteiger partial charge >= 0.3 is 0 Å². The molecule has 0 aliphatic heterocycles. The van der Waals surface area contributed by atoms with Crippen LogP contribution in [0, 0.1) is 0 Å². The first-order chi connectivity index (χ1) is 12.1. The SMILES string of the molecule is O=C(NCc1ccc(Cl)cc1)c1c[nH]c2ccc(CCCl)cc2c1=O. The minimum atomic E-state index is -0.416. The van der Waals surface area contributed by atoms with Crippen LogP contribution in [-0.2, 0) is 13.0 Å². The summed E-state index contributed by atoms with van der Waals surface area (Å²) in [5.41, 5.74) is 2.35. The number of amides is 1. The number of nitrogens with one attached hydrogen (secondary N) is 2. The van der Waals surface area contributed by atoms with E-state index in [4.69, 9.17) is 23.2 Å². The fourth-order valence-electron chi connectivity index (χ4n) is 2.58. The van der Waals surface area contributed by atoms with Gasteiger partial charge in [0, 0.05) is 34.5 Å². The van der Waals surface area contributed by atoms with E-state index in [1.807, 2.05) is 24.3 Å². The van der Waals surface area contributed by atoms with Gasteiger partial charge in [-0.25, -0.2) is 0 Å². The third kappa shape index (κ3) is 4.03. The van der Waals surface area contributed by atoms with Gasteiger partial charge in [0.2, 0.25) is 5.43 Å². The van der Waals surface area contributed by atoms with Crippen LogP contribution in [0.4, 0.5) is 0 Å². The van der Waals surface area contributed by atoms with E-state index in [-0.39, 0.29) is 11.0 Å². The summed E-state index contributed by atoms with van der Waals surface area (Å²) in [6.45, 7) is 0.319. The number of alkyl halides is 1. The van der Waals surface area contributed by atoms with Gasteiger partial charge in [0.15, 0.2) is 0 Å². The van der Waals surface area contributed by atoms with Crippen molar-refractivity contribution in [1.82, 2.24) is 10.3 Å². The Kier molecular flexibility index (Phi) is 5.41. The molecule has 4 nitrogen and oxygen atoms in total. The summed E-state index contributed by atoms with van der Waals surface area (Å²) in [6, 6.07) is 12.7. The first-order valence-corrected chi connectivity index (χ1v) is 8.72. The maximum Gasteiger partial charge on any atom is 0.257 e. The van der Waals surface area contributed by atoms with Crippen molar-refractivity contribution in [1.29, 1.82) is 0 Å². The van der Waals surface area contributed by atoms with Gasteiger partial charge in [-0.15, -0.1) is 11.6 Å². The van der Waals surface area contributed by atoms with Crippen LogP contribution in [0.25, 0.3) is 10.9 Å². The smallest absolute Gasteiger partial charge is 0.257 e. The number of carbonyl (C=O) groups is 1. The standard InChI is InChI=1S/C19H16Cl2N2O2/c20-8-7-12-3-6-17-15(9-12)18(24)16(11-22-17)19(25)23-10-13-1-4-14(21)5-2-13/h1-6,9,11H,7-8,10H2,(H,22,24)(H,23,25). The minimum absolute atomic E-state index is 0.0875. The molecule has 3 aromatic rings. The zero-order valence-electron chi connectivity index (χ0n) is 13.3. The molecule has 0 spiro atoms. The monoisotopic (exact) mass is 374 g/mol. The lowest BCUT2D eigenvalue weighted by Crippen LogP contribution is -2.28. The number of hydrogen-bond donors (Lipinski definition) is 2. The normalized spacial score (nSPS) is 10.8. The van der Waals surface area contributed by atoms with Gasteiger partial charge in [0.25, 0.3) is 5.91 Å². The summed E-state index contributed by atoms with van der Waals surface area (Å²) in [6.07, 6.45) is 2.12. The Morgan fingerprint density at radius 2 is 1.80 bits per heavy atom. The molecule has 1 aromatic heterocycles. The van der Waals surface area contributed by atoms with Crippen LogP contribution in [0.15, 0.2) is 53.5 Å². The van der Waals surface area contributed by atoms with Crippen LogP contribution in [-0.4, -0.2) is 16.8 Å². The van der Waals surface area contributed by atoms with Gasteiger partial charge < -0.3 is 10.3 Å². The number of aromatic nitrogens is 1. The Labute approximate surface area is 154 Å². The van der Waals surface area contributed by atoms with Gasteiger partial charge in [-0.2, -0.15) is 0 Å². The van der Waals surface area contributed by atoms with E-state index >= 15 is 0 Å². The van der Waals surface area contributed by atoms with Gasteiger partial charge in [-0.3, -0.25) is 9.59 Å². The number of aromatic amines is 1. The van der Waals surface area contributed by atoms with Crippen molar-refractivity contribution >= 4 is 40.0 Å². The Bertz CT molecular complexity index is 965. The van der Waals surface area contributed by atoms with Gasteiger partial charge in [-0.05, 0) is 41.8 Å². The van der Waals surface area contributed by atoms with Crippen molar-refractivity contribution in [2.24, 2.45) is 0 Å². The molecule has 1 heterocycles. The number of halogens is 2. The molecule has 0 saturated carbocycles. The number of hydrogen-bond acceptors (Lipinski definition) is 2. The molecule has 0 saturated heterocycles. The Morgan fingerprint density at radius 3 is 2.52 bits per heavy atom. The van der Waals surface area contributed by atoms with Crippen molar-refractivity contribution in [2.75, 3.05) is 5.88 Å². The average molecular weight is 375 g/mol. The molecule has 6 heteroatoms. The van der Waals surface area contributed by atoms with Crippen molar-refractivity contribution in [3.05, 3.63) is 80.6 Å². The third-order valence-corrected chi connectivity index (χ3v) is 4.38. The fraction of sp³-hybridized carbons (Fsp3) is 0.158. The highest BCUT2D eigenvalue weighted by molar-refractivity contribution is 6.30. The second-order valence-electron chi connectivity index (χ2n) is 5.66. The number of aryl methyl sites for hydroxylation is 1. The number of pyridine rings is 1. The van der Waals surface area contributed by atoms with Crippen LogP contribution in [0.2, 0.25) is 5.02 Å². The molecule has 0 atom stereocenters. The van der Waals surface area contributed by atoms with Gasteiger partial charge in [-0.1, -0.05) is 29.8 Å². The van der Waals surface area contributed by atoms with Crippen molar-refractivity contribution in [3.63, 3.8) is 0 Å². The highest BCUT2D eigenvalue weighted by Gasteiger charge is 2.13. The number of carbonyl (C=O) groups excluding carboxylic acids is 1. The molecule has 3 rings (SSSR count). The summed E-state index contributed by atoms with van der Waals surface area (Å²) in [5, 5.41) is 3.88. The molecule has 0 fully saturated rings. The second-order valence-corrected chi connectivity index (χ2v) is 6.47. The van der Waals surface area contributed by atoms with E-state index in [0.717, 1.165) is 11.1 Å². The molecule has 1 amide bonds. The van der Waals surface area contributed by atoms with Crippen LogP contribution in [0.5, 0.6) is 0 Å². The summed E-state index contributed by atoms with van der Waals surface area (Å²) < 4.78 is 0. The number of rotatable bonds is 5. The molecule has 0 radical (unpaired) electrons. The summed E-state index contributed by atoms with van der Waals surface area (Å²) >= 11 is 11.6. The summed E-state index contributed by atoms with van der Waals surface area (Å²) in [5.74, 6) is 0.0610. The topological polar surface area (TPSA) is 62.0 Å². The lowest BCUT2D eigenvalue weighted by atomic mass is 10.1. The van der Waals surface area contributed by atoms with E-state index in [0.29, 0.717) is 34.8 Å². The zero-order chi connectivity index (χ0) is 17.8. The lowest BCUT2D eigenvalue weighted by Gasteiger charge is -2.07. The van der Waals surface area contributed by atoms with Gasteiger partial charge in [0.05, 0.1) is 0 Å². The second kappa shape index (κ2) is 7.72. The highest BCUT2D eigenvalue weighted by Crippen LogP contribution is 2.13. The molecule has 0 aliphatic carbocycles. The average Bonchev–Trinajstić information content (AvgIpc) is 2.62. The first kappa shape index (κ1) is 17.5. The van der Waals surface area contributed by atoms with Crippen LogP contribution in [0.1, 0.15) is 21.5 Å². The minimum Gasteiger partial charge on any atom is -0.360 e. The molecule has 0 aliphatic rings. The number of H-pyrrole nitrogens is 1. The predicted molar refractivity (Wildman–Crippen MR) is 102 cm³/mol. The molecular formula is C19H16Cl2N2O2. The van der Waals surface area contributed by atoms with E-state index in [1.165, 1.54) is 6.20 Å². The Hall–Kier alpha value is -2.30. The summed E-state index contributed by atoms with van der Waals surface area (Å²) in [4.78, 5) is 28.0.